The van der Waals surface area contributed by atoms with Crippen molar-refractivity contribution in [3.05, 3.63) is 101 Å². The maximum Gasteiger partial charge on any atom is 0.122 e. The van der Waals surface area contributed by atoms with Gasteiger partial charge in [-0.25, -0.2) is 0 Å². The number of fused-ring (bicyclic) bond motifs is 1. The summed E-state index contributed by atoms with van der Waals surface area (Å²) in [5, 5.41) is 1.18. The quantitative estimate of drug-likeness (QED) is 0.251. The highest BCUT2D eigenvalue weighted by Crippen LogP contribution is 2.32. The van der Waals surface area contributed by atoms with E-state index in [0.29, 0.717) is 0 Å². The number of nitrogens with zero attached hydrogens (tertiary/aromatic N) is 1. The number of benzene rings is 2. The Bertz CT molecular complexity index is 1250. The van der Waals surface area contributed by atoms with Crippen molar-refractivity contribution in [2.75, 3.05) is 7.11 Å². The molecule has 0 saturated heterocycles. The number of aromatic nitrogens is 1. The van der Waals surface area contributed by atoms with Gasteiger partial charge in [0.25, 0.3) is 0 Å². The summed E-state index contributed by atoms with van der Waals surface area (Å²) in [4.78, 5) is 4.94. The molecular weight excluding hydrogens is 414 g/mol. The topological polar surface area (TPSA) is 22.1 Å². The Hall–Kier alpha value is -3.13. The van der Waals surface area contributed by atoms with Gasteiger partial charge in [-0.2, -0.15) is 0 Å². The van der Waals surface area contributed by atoms with Gasteiger partial charge in [-0.3, -0.25) is 4.98 Å². The molecule has 0 aliphatic carbocycles. The van der Waals surface area contributed by atoms with E-state index in [1.807, 2.05) is 6.07 Å². The Balaban J connectivity index is 1.82. The van der Waals surface area contributed by atoms with Gasteiger partial charge in [-0.1, -0.05) is 87.9 Å². The molecule has 3 aromatic rings. The van der Waals surface area contributed by atoms with Crippen LogP contribution in [-0.4, -0.2) is 12.1 Å². The van der Waals surface area contributed by atoms with E-state index >= 15 is 0 Å². The number of methoxy groups -OCH3 is 1. The summed E-state index contributed by atoms with van der Waals surface area (Å²) in [7, 11) is 1.72. The summed E-state index contributed by atoms with van der Waals surface area (Å²) in [5.41, 5.74) is 6.79. The normalized spacial score (nSPS) is 14.8. The summed E-state index contributed by atoms with van der Waals surface area (Å²) in [6.45, 7) is 15.4. The minimum Gasteiger partial charge on any atom is -0.496 e. The summed E-state index contributed by atoms with van der Waals surface area (Å²) in [6.07, 6.45) is 12.5. The number of hydrogen-bond donors (Lipinski definition) is 0. The predicted molar refractivity (Wildman–Crippen MR) is 148 cm³/mol. The maximum atomic E-state index is 5.45. The third kappa shape index (κ3) is 6.05. The number of aryl methyl sites for hydroxylation is 2. The third-order valence-corrected chi connectivity index (χ3v) is 6.77. The lowest BCUT2D eigenvalue weighted by Crippen LogP contribution is -2.18. The number of pyridine rings is 1. The van der Waals surface area contributed by atoms with Gasteiger partial charge in [0.15, 0.2) is 0 Å². The van der Waals surface area contributed by atoms with E-state index in [9.17, 15) is 0 Å². The highest BCUT2D eigenvalue weighted by atomic mass is 16.5. The highest BCUT2D eigenvalue weighted by Gasteiger charge is 2.22. The van der Waals surface area contributed by atoms with E-state index in [1.54, 1.807) is 7.11 Å². The molecule has 0 bridgehead atoms. The number of hydrogen-bond acceptors (Lipinski definition) is 2. The predicted octanol–water partition coefficient (Wildman–Crippen LogP) is 8.77. The smallest absolute Gasteiger partial charge is 0.122 e. The lowest BCUT2D eigenvalue weighted by atomic mass is 9.80. The first kappa shape index (κ1) is 25.5. The summed E-state index contributed by atoms with van der Waals surface area (Å²) in [6, 6.07) is 16.9. The van der Waals surface area contributed by atoms with Crippen molar-refractivity contribution in [1.29, 1.82) is 0 Å². The van der Waals surface area contributed by atoms with Gasteiger partial charge in [0, 0.05) is 16.2 Å². The number of para-hydroxylation sites is 1. The van der Waals surface area contributed by atoms with Crippen molar-refractivity contribution in [3.63, 3.8) is 0 Å². The minimum absolute atomic E-state index is 0.0343. The van der Waals surface area contributed by atoms with Gasteiger partial charge in [-0.05, 0) is 68.1 Å². The van der Waals surface area contributed by atoms with Crippen molar-refractivity contribution in [2.45, 2.75) is 60.3 Å². The van der Waals surface area contributed by atoms with Crippen LogP contribution in [0.3, 0.4) is 0 Å². The van der Waals surface area contributed by atoms with Crippen LogP contribution in [0.1, 0.15) is 63.4 Å². The van der Waals surface area contributed by atoms with Crippen molar-refractivity contribution in [1.82, 2.24) is 4.98 Å². The van der Waals surface area contributed by atoms with Crippen LogP contribution in [-0.2, 0) is 5.41 Å². The molecule has 178 valence electrons. The average molecular weight is 454 g/mol. The second-order valence-electron chi connectivity index (χ2n) is 10.2. The van der Waals surface area contributed by atoms with Gasteiger partial charge in [0.05, 0.1) is 18.3 Å². The van der Waals surface area contributed by atoms with Crippen LogP contribution in [0.2, 0.25) is 0 Å². The van der Waals surface area contributed by atoms with Crippen LogP contribution < -0.4 is 4.74 Å². The van der Waals surface area contributed by atoms with Crippen molar-refractivity contribution in [2.24, 2.45) is 5.41 Å². The maximum absolute atomic E-state index is 5.45. The highest BCUT2D eigenvalue weighted by molar-refractivity contribution is 5.78. The Morgan fingerprint density at radius 1 is 0.971 bits per heavy atom. The van der Waals surface area contributed by atoms with Crippen molar-refractivity contribution < 1.29 is 4.74 Å². The Kier molecular flexibility index (Phi) is 7.82. The number of ether oxygens (including phenoxy) is 1. The first-order chi connectivity index (χ1) is 16.1. The molecule has 0 N–H and O–H groups in total. The molecule has 0 saturated carbocycles. The first-order valence-electron chi connectivity index (χ1n) is 12.2. The van der Waals surface area contributed by atoms with E-state index in [0.717, 1.165) is 28.9 Å². The number of allylic oxidation sites excluding steroid dienone is 5. The summed E-state index contributed by atoms with van der Waals surface area (Å²) in [5.74, 6) is 0.939. The Morgan fingerprint density at radius 2 is 1.71 bits per heavy atom. The monoisotopic (exact) mass is 453 g/mol. The minimum atomic E-state index is -0.157. The van der Waals surface area contributed by atoms with Gasteiger partial charge in [-0.15, -0.1) is 0 Å². The largest absolute Gasteiger partial charge is 0.496 e. The SMILES string of the molecule is CCC(C)(/C=C(C)\C=C/c1cc(C)c(OC)cc1C)/C=C/C(C)(C)c1ccc2ccccc2n1. The van der Waals surface area contributed by atoms with Gasteiger partial charge >= 0.3 is 0 Å². The van der Waals surface area contributed by atoms with Crippen LogP contribution >= 0.6 is 0 Å². The molecule has 1 aromatic heterocycles. The van der Waals surface area contributed by atoms with Crippen molar-refractivity contribution >= 4 is 17.0 Å². The summed E-state index contributed by atoms with van der Waals surface area (Å²) < 4.78 is 5.45. The standard InChI is InChI=1S/C32H39NO/c1-9-32(7,22-23(2)14-15-27-20-25(4)29(34-8)21-24(27)3)19-18-31(5,6)30-17-16-26-12-10-11-13-28(26)33-30/h10-22H,9H2,1-8H3/b15-14-,19-18+,23-22-. The van der Waals surface area contributed by atoms with E-state index in [-0.39, 0.29) is 10.8 Å². The second kappa shape index (κ2) is 10.4. The lowest BCUT2D eigenvalue weighted by Gasteiger charge is -2.25. The molecule has 2 heteroatoms. The Morgan fingerprint density at radius 3 is 2.41 bits per heavy atom. The van der Waals surface area contributed by atoms with E-state index in [2.05, 4.69) is 121 Å². The molecule has 1 unspecified atom stereocenters. The molecule has 0 spiro atoms. The molecule has 0 radical (unpaired) electrons. The van der Waals surface area contributed by atoms with Crippen LogP contribution in [0.5, 0.6) is 5.75 Å². The zero-order valence-electron chi connectivity index (χ0n) is 22.1. The fraction of sp³-hybridized carbons (Fsp3) is 0.344. The van der Waals surface area contributed by atoms with Crippen LogP contribution in [0.4, 0.5) is 0 Å². The molecule has 0 fully saturated rings. The van der Waals surface area contributed by atoms with Gasteiger partial charge < -0.3 is 4.74 Å². The molecule has 3 rings (SSSR count). The average Bonchev–Trinajstić information content (AvgIpc) is 2.82. The van der Waals surface area contributed by atoms with E-state index < -0.39 is 0 Å². The van der Waals surface area contributed by atoms with Gasteiger partial charge in [0.1, 0.15) is 5.75 Å². The third-order valence-electron chi connectivity index (χ3n) is 6.77. The zero-order valence-corrected chi connectivity index (χ0v) is 22.1. The van der Waals surface area contributed by atoms with E-state index in [1.165, 1.54) is 22.1 Å². The molecule has 1 heterocycles. The molecule has 34 heavy (non-hydrogen) atoms. The first-order valence-corrected chi connectivity index (χ1v) is 12.2. The second-order valence-corrected chi connectivity index (χ2v) is 10.2. The molecule has 0 aliphatic rings. The van der Waals surface area contributed by atoms with Crippen LogP contribution in [0.15, 0.2) is 78.4 Å². The molecular formula is C32H39NO. The fourth-order valence-corrected chi connectivity index (χ4v) is 4.18. The fourth-order valence-electron chi connectivity index (χ4n) is 4.18. The molecule has 1 atom stereocenters. The van der Waals surface area contributed by atoms with Crippen LogP contribution in [0.25, 0.3) is 17.0 Å². The van der Waals surface area contributed by atoms with Crippen LogP contribution in [0, 0.1) is 19.3 Å². The molecule has 2 aromatic carbocycles. The molecule has 2 nitrogen and oxygen atoms in total. The lowest BCUT2D eigenvalue weighted by molar-refractivity contribution is 0.411. The number of rotatable bonds is 8. The molecule has 0 amide bonds. The van der Waals surface area contributed by atoms with Gasteiger partial charge in [0.2, 0.25) is 0 Å². The Labute approximate surface area is 206 Å². The zero-order chi connectivity index (χ0) is 24.9. The van der Waals surface area contributed by atoms with E-state index in [4.69, 9.17) is 9.72 Å². The van der Waals surface area contributed by atoms with Crippen molar-refractivity contribution in [3.8, 4) is 5.75 Å². The summed E-state index contributed by atoms with van der Waals surface area (Å²) >= 11 is 0. The molecule has 0 aliphatic heterocycles.